The first-order chi connectivity index (χ1) is 14.3. The van der Waals surface area contributed by atoms with Gasteiger partial charge in [0.2, 0.25) is 5.91 Å². The number of carbonyl (C=O) groups excluding carboxylic acids is 3. The van der Waals surface area contributed by atoms with E-state index in [0.29, 0.717) is 11.3 Å². The van der Waals surface area contributed by atoms with Crippen molar-refractivity contribution >= 4 is 29.1 Å². The minimum atomic E-state index is -0.873. The van der Waals surface area contributed by atoms with Crippen LogP contribution in [-0.2, 0) is 4.79 Å². The van der Waals surface area contributed by atoms with E-state index in [1.807, 2.05) is 0 Å². The summed E-state index contributed by atoms with van der Waals surface area (Å²) in [4.78, 5) is 49.1. The van der Waals surface area contributed by atoms with Gasteiger partial charge in [0.25, 0.3) is 17.5 Å². The van der Waals surface area contributed by atoms with Gasteiger partial charge >= 0.3 is 0 Å². The number of rotatable bonds is 6. The smallest absolute Gasteiger partial charge is 0.270 e. The second-order valence-electron chi connectivity index (χ2n) is 7.07. The van der Waals surface area contributed by atoms with E-state index < -0.39 is 22.8 Å². The van der Waals surface area contributed by atoms with Gasteiger partial charge in [-0.15, -0.1) is 0 Å². The van der Waals surface area contributed by atoms with Gasteiger partial charge in [-0.2, -0.15) is 0 Å². The molecule has 1 fully saturated rings. The largest absolute Gasteiger partial charge is 0.341 e. The number of anilines is 1. The molecule has 3 amide bonds. The number of nitro benzene ring substituents is 1. The van der Waals surface area contributed by atoms with Gasteiger partial charge in [-0.1, -0.05) is 6.07 Å². The lowest BCUT2D eigenvalue weighted by Gasteiger charge is -2.16. The molecule has 0 aromatic heterocycles. The van der Waals surface area contributed by atoms with Crippen molar-refractivity contribution < 1.29 is 19.3 Å². The lowest BCUT2D eigenvalue weighted by atomic mass is 10.1. The Balaban J connectivity index is 1.57. The Morgan fingerprint density at radius 2 is 1.70 bits per heavy atom. The molecule has 2 aromatic rings. The minimum Gasteiger partial charge on any atom is -0.341 e. The van der Waals surface area contributed by atoms with Crippen molar-refractivity contribution in [2.24, 2.45) is 0 Å². The van der Waals surface area contributed by atoms with Gasteiger partial charge in [-0.3, -0.25) is 24.5 Å². The fourth-order valence-electron chi connectivity index (χ4n) is 3.16. The van der Waals surface area contributed by atoms with E-state index in [-0.39, 0.29) is 17.2 Å². The highest BCUT2D eigenvalue weighted by Gasteiger charge is 2.20. The molecule has 0 saturated carbocycles. The van der Waals surface area contributed by atoms with Crippen LogP contribution in [0.2, 0.25) is 0 Å². The van der Waals surface area contributed by atoms with Gasteiger partial charge in [-0.05, 0) is 50.1 Å². The topological polar surface area (TPSA) is 122 Å². The van der Waals surface area contributed by atoms with Crippen LogP contribution in [0.1, 0.15) is 40.5 Å². The highest BCUT2D eigenvalue weighted by atomic mass is 16.6. The number of likely N-dealkylation sites (tertiary alicyclic amines) is 1. The summed E-state index contributed by atoms with van der Waals surface area (Å²) in [5.41, 5.74) is 0.938. The number of carbonyl (C=O) groups is 3. The van der Waals surface area contributed by atoms with Crippen LogP contribution in [0.5, 0.6) is 0 Å². The Kier molecular flexibility index (Phi) is 6.41. The monoisotopic (exact) mass is 410 g/mol. The van der Waals surface area contributed by atoms with Gasteiger partial charge in [-0.25, -0.2) is 0 Å². The summed E-state index contributed by atoms with van der Waals surface area (Å²) in [6.07, 6.45) is 2.03. The molecular formula is C21H22N4O5. The van der Waals surface area contributed by atoms with Gasteiger partial charge in [0.1, 0.15) is 6.04 Å². The predicted octanol–water partition coefficient (Wildman–Crippen LogP) is 2.59. The SMILES string of the molecule is CC(NC(=O)c1cccc([N+](=O)[O-])c1)C(=O)Nc1ccc(C(=O)N2CCCC2)cc1. The lowest BCUT2D eigenvalue weighted by molar-refractivity contribution is -0.384. The quantitative estimate of drug-likeness (QED) is 0.560. The zero-order chi connectivity index (χ0) is 21.7. The minimum absolute atomic E-state index is 0.0250. The fourth-order valence-corrected chi connectivity index (χ4v) is 3.16. The summed E-state index contributed by atoms with van der Waals surface area (Å²) in [6.45, 7) is 3.04. The molecule has 1 atom stereocenters. The van der Waals surface area contributed by atoms with Crippen LogP contribution >= 0.6 is 0 Å². The molecule has 0 aliphatic carbocycles. The molecule has 1 heterocycles. The second-order valence-corrected chi connectivity index (χ2v) is 7.07. The van der Waals surface area contributed by atoms with Crippen LogP contribution < -0.4 is 10.6 Å². The summed E-state index contributed by atoms with van der Waals surface area (Å²) < 4.78 is 0. The predicted molar refractivity (Wildman–Crippen MR) is 110 cm³/mol. The van der Waals surface area contributed by atoms with Crippen LogP contribution in [0.15, 0.2) is 48.5 Å². The second kappa shape index (κ2) is 9.17. The molecule has 156 valence electrons. The number of hydrogen-bond donors (Lipinski definition) is 2. The fraction of sp³-hybridized carbons (Fsp3) is 0.286. The Morgan fingerprint density at radius 3 is 2.33 bits per heavy atom. The molecule has 1 saturated heterocycles. The van der Waals surface area contributed by atoms with Crippen molar-refractivity contribution in [3.63, 3.8) is 0 Å². The van der Waals surface area contributed by atoms with E-state index in [4.69, 9.17) is 0 Å². The Labute approximate surface area is 173 Å². The molecule has 2 aromatic carbocycles. The third kappa shape index (κ3) is 4.99. The summed E-state index contributed by atoms with van der Waals surface area (Å²) in [7, 11) is 0. The summed E-state index contributed by atoms with van der Waals surface area (Å²) >= 11 is 0. The number of amides is 3. The molecular weight excluding hydrogens is 388 g/mol. The van der Waals surface area contributed by atoms with Crippen molar-refractivity contribution in [2.45, 2.75) is 25.8 Å². The number of non-ortho nitro benzene ring substituents is 1. The molecule has 9 heteroatoms. The third-order valence-corrected chi connectivity index (χ3v) is 4.85. The molecule has 2 N–H and O–H groups in total. The average molecular weight is 410 g/mol. The maximum absolute atomic E-state index is 12.4. The van der Waals surface area contributed by atoms with Crippen LogP contribution in [0.3, 0.4) is 0 Å². The zero-order valence-corrected chi connectivity index (χ0v) is 16.5. The maximum atomic E-state index is 12.4. The van der Waals surface area contributed by atoms with E-state index in [1.165, 1.54) is 25.1 Å². The number of benzene rings is 2. The number of nitrogens with zero attached hydrogens (tertiary/aromatic N) is 2. The van der Waals surface area contributed by atoms with Crippen LogP contribution in [0.4, 0.5) is 11.4 Å². The van der Waals surface area contributed by atoms with E-state index in [9.17, 15) is 24.5 Å². The van der Waals surface area contributed by atoms with Crippen LogP contribution in [-0.4, -0.2) is 46.7 Å². The highest BCUT2D eigenvalue weighted by molar-refractivity contribution is 6.01. The average Bonchev–Trinajstić information content (AvgIpc) is 3.28. The Hall–Kier alpha value is -3.75. The van der Waals surface area contributed by atoms with Gasteiger partial charge in [0, 0.05) is 42.0 Å². The number of nitro groups is 1. The first-order valence-corrected chi connectivity index (χ1v) is 9.60. The Bertz CT molecular complexity index is 968. The molecule has 1 unspecified atom stereocenters. The highest BCUT2D eigenvalue weighted by Crippen LogP contribution is 2.16. The lowest BCUT2D eigenvalue weighted by Crippen LogP contribution is -2.41. The number of hydrogen-bond acceptors (Lipinski definition) is 5. The standard InChI is InChI=1S/C21H22N4O5/c1-14(22-20(27)16-5-4-6-18(13-16)25(29)30)19(26)23-17-9-7-15(8-10-17)21(28)24-11-2-3-12-24/h4-10,13-14H,2-3,11-12H2,1H3,(H,22,27)(H,23,26). The van der Waals surface area contributed by atoms with E-state index in [2.05, 4.69) is 10.6 Å². The Morgan fingerprint density at radius 1 is 1.03 bits per heavy atom. The van der Waals surface area contributed by atoms with Crippen molar-refractivity contribution in [2.75, 3.05) is 18.4 Å². The van der Waals surface area contributed by atoms with Crippen LogP contribution in [0.25, 0.3) is 0 Å². The van der Waals surface area contributed by atoms with Gasteiger partial charge < -0.3 is 15.5 Å². The van der Waals surface area contributed by atoms with Crippen molar-refractivity contribution in [3.8, 4) is 0 Å². The van der Waals surface area contributed by atoms with Gasteiger partial charge in [0.05, 0.1) is 4.92 Å². The first kappa shape index (κ1) is 21.0. The van der Waals surface area contributed by atoms with Gasteiger partial charge in [0.15, 0.2) is 0 Å². The molecule has 30 heavy (non-hydrogen) atoms. The zero-order valence-electron chi connectivity index (χ0n) is 16.5. The van der Waals surface area contributed by atoms with E-state index >= 15 is 0 Å². The number of nitrogens with one attached hydrogen (secondary N) is 2. The molecule has 9 nitrogen and oxygen atoms in total. The molecule has 1 aliphatic rings. The summed E-state index contributed by atoms with van der Waals surface area (Å²) in [5.74, 6) is -1.07. The van der Waals surface area contributed by atoms with Crippen LogP contribution in [0, 0.1) is 10.1 Å². The summed E-state index contributed by atoms with van der Waals surface area (Å²) in [5, 5.41) is 16.0. The molecule has 1 aliphatic heterocycles. The summed E-state index contributed by atoms with van der Waals surface area (Å²) in [6, 6.07) is 11.0. The van der Waals surface area contributed by atoms with Crippen molar-refractivity contribution in [1.29, 1.82) is 0 Å². The third-order valence-electron chi connectivity index (χ3n) is 4.85. The molecule has 0 bridgehead atoms. The molecule has 3 rings (SSSR count). The first-order valence-electron chi connectivity index (χ1n) is 9.60. The maximum Gasteiger partial charge on any atom is 0.270 e. The van der Waals surface area contributed by atoms with Crippen molar-refractivity contribution in [1.82, 2.24) is 10.2 Å². The molecule has 0 spiro atoms. The normalized spacial score (nSPS) is 14.1. The molecule has 0 radical (unpaired) electrons. The van der Waals surface area contributed by atoms with E-state index in [0.717, 1.165) is 32.0 Å². The van der Waals surface area contributed by atoms with Crippen molar-refractivity contribution in [3.05, 3.63) is 69.8 Å². The van der Waals surface area contributed by atoms with E-state index in [1.54, 1.807) is 29.2 Å².